The summed E-state index contributed by atoms with van der Waals surface area (Å²) in [5.74, 6) is -0.253. The Labute approximate surface area is 201 Å². The van der Waals surface area contributed by atoms with Crippen molar-refractivity contribution in [2.75, 3.05) is 19.0 Å². The van der Waals surface area contributed by atoms with Crippen LogP contribution in [0.3, 0.4) is 0 Å². The molecule has 0 saturated carbocycles. The third kappa shape index (κ3) is 6.64. The Morgan fingerprint density at radius 3 is 2.74 bits per heavy atom. The molecule has 1 atom stereocenters. The Morgan fingerprint density at radius 2 is 1.97 bits per heavy atom. The summed E-state index contributed by atoms with van der Waals surface area (Å²) >= 11 is 5.92. The summed E-state index contributed by atoms with van der Waals surface area (Å²) in [6, 6.07) is 12.6. The number of aldehydes is 1. The van der Waals surface area contributed by atoms with Gasteiger partial charge in [-0.25, -0.2) is 19.0 Å². The first-order valence-electron chi connectivity index (χ1n) is 10.5. The SMILES string of the molecule is CN(C(=O)NCc1cccc(F)c1Cl)[C@@H](CCC=O)COC(=O)Nc1cc2ccccc2cn1. The van der Waals surface area contributed by atoms with E-state index in [-0.39, 0.29) is 31.0 Å². The molecular weight excluding hydrogens is 463 g/mol. The van der Waals surface area contributed by atoms with Crippen LogP contribution in [0.5, 0.6) is 0 Å². The normalized spacial score (nSPS) is 11.5. The number of ether oxygens (including phenoxy) is 1. The number of carbonyl (C=O) groups is 3. The number of carbonyl (C=O) groups excluding carboxylic acids is 3. The summed E-state index contributed by atoms with van der Waals surface area (Å²) in [5, 5.41) is 6.99. The molecule has 2 aromatic carbocycles. The largest absolute Gasteiger partial charge is 0.447 e. The average molecular weight is 487 g/mol. The summed E-state index contributed by atoms with van der Waals surface area (Å²) in [4.78, 5) is 41.3. The quantitative estimate of drug-likeness (QED) is 0.424. The minimum Gasteiger partial charge on any atom is -0.447 e. The Morgan fingerprint density at radius 1 is 1.21 bits per heavy atom. The maximum Gasteiger partial charge on any atom is 0.412 e. The number of likely N-dealkylation sites (N-methyl/N-ethyl adjacent to an activating group) is 1. The van der Waals surface area contributed by atoms with Crippen molar-refractivity contribution in [1.29, 1.82) is 0 Å². The third-order valence-corrected chi connectivity index (χ3v) is 5.64. The molecule has 10 heteroatoms. The highest BCUT2D eigenvalue weighted by atomic mass is 35.5. The predicted octanol–water partition coefficient (Wildman–Crippen LogP) is 4.77. The molecule has 0 saturated heterocycles. The maximum absolute atomic E-state index is 13.6. The van der Waals surface area contributed by atoms with E-state index in [2.05, 4.69) is 15.6 Å². The average Bonchev–Trinajstić information content (AvgIpc) is 2.84. The molecule has 8 nitrogen and oxygen atoms in total. The van der Waals surface area contributed by atoms with E-state index in [9.17, 15) is 18.8 Å². The molecule has 1 aromatic heterocycles. The molecule has 0 aliphatic carbocycles. The monoisotopic (exact) mass is 486 g/mol. The van der Waals surface area contributed by atoms with Crippen molar-refractivity contribution < 1.29 is 23.5 Å². The minimum absolute atomic E-state index is 0.00907. The number of pyridine rings is 1. The molecule has 2 N–H and O–H groups in total. The van der Waals surface area contributed by atoms with Crippen LogP contribution in [0.25, 0.3) is 10.8 Å². The van der Waals surface area contributed by atoms with Crippen molar-refractivity contribution in [3.05, 3.63) is 71.1 Å². The molecule has 178 valence electrons. The second-order valence-electron chi connectivity index (χ2n) is 7.52. The van der Waals surface area contributed by atoms with Gasteiger partial charge in [0.25, 0.3) is 0 Å². The van der Waals surface area contributed by atoms with Gasteiger partial charge in [-0.1, -0.05) is 48.0 Å². The van der Waals surface area contributed by atoms with E-state index in [1.165, 1.54) is 24.1 Å². The molecule has 34 heavy (non-hydrogen) atoms. The van der Waals surface area contributed by atoms with E-state index in [0.29, 0.717) is 11.4 Å². The number of amides is 3. The zero-order chi connectivity index (χ0) is 24.5. The number of benzene rings is 2. The number of nitrogens with zero attached hydrogens (tertiary/aromatic N) is 2. The lowest BCUT2D eigenvalue weighted by molar-refractivity contribution is -0.108. The summed E-state index contributed by atoms with van der Waals surface area (Å²) in [6.45, 7) is -0.132. The lowest BCUT2D eigenvalue weighted by Gasteiger charge is -2.27. The van der Waals surface area contributed by atoms with E-state index in [4.69, 9.17) is 16.3 Å². The summed E-state index contributed by atoms with van der Waals surface area (Å²) in [6.07, 6.45) is 2.09. The molecule has 3 amide bonds. The van der Waals surface area contributed by atoms with Gasteiger partial charge in [0.15, 0.2) is 0 Å². The molecule has 0 radical (unpaired) electrons. The molecule has 0 aliphatic heterocycles. The fourth-order valence-electron chi connectivity index (χ4n) is 3.26. The van der Waals surface area contributed by atoms with Crippen LogP contribution in [-0.4, -0.2) is 48.0 Å². The number of hydrogen-bond donors (Lipinski definition) is 2. The predicted molar refractivity (Wildman–Crippen MR) is 127 cm³/mol. The number of aromatic nitrogens is 1. The Balaban J connectivity index is 1.56. The van der Waals surface area contributed by atoms with Gasteiger partial charge in [0.1, 0.15) is 24.5 Å². The van der Waals surface area contributed by atoms with Crippen LogP contribution < -0.4 is 10.6 Å². The zero-order valence-corrected chi connectivity index (χ0v) is 19.2. The standard InChI is InChI=1S/C24H24ClFN4O4/c1-30(23(32)28-14-18-8-4-10-20(26)22(18)25)19(9-5-11-31)15-34-24(33)29-21-12-16-6-2-3-7-17(16)13-27-21/h2-4,6-8,10-13,19H,5,9,14-15H2,1H3,(H,28,32)(H,27,29,33)/t19-/m0/s1. The van der Waals surface area contributed by atoms with E-state index >= 15 is 0 Å². The smallest absolute Gasteiger partial charge is 0.412 e. The van der Waals surface area contributed by atoms with Gasteiger partial charge < -0.3 is 19.7 Å². The highest BCUT2D eigenvalue weighted by molar-refractivity contribution is 6.31. The first kappa shape index (κ1) is 24.9. The second-order valence-corrected chi connectivity index (χ2v) is 7.90. The first-order valence-corrected chi connectivity index (χ1v) is 10.9. The topological polar surface area (TPSA) is 101 Å². The van der Waals surface area contributed by atoms with E-state index < -0.39 is 24.0 Å². The Hall–Kier alpha value is -3.72. The van der Waals surface area contributed by atoms with E-state index in [1.54, 1.807) is 18.3 Å². The number of halogens is 2. The van der Waals surface area contributed by atoms with Crippen molar-refractivity contribution >= 4 is 46.6 Å². The van der Waals surface area contributed by atoms with Crippen molar-refractivity contribution in [3.8, 4) is 0 Å². The highest BCUT2D eigenvalue weighted by Crippen LogP contribution is 2.20. The molecule has 1 heterocycles. The van der Waals surface area contributed by atoms with Crippen LogP contribution in [0.4, 0.5) is 19.8 Å². The van der Waals surface area contributed by atoms with Gasteiger partial charge in [-0.3, -0.25) is 5.32 Å². The van der Waals surface area contributed by atoms with Gasteiger partial charge in [-0.15, -0.1) is 0 Å². The molecule has 0 fully saturated rings. The van der Waals surface area contributed by atoms with Crippen LogP contribution in [0.2, 0.25) is 5.02 Å². The van der Waals surface area contributed by atoms with Gasteiger partial charge in [-0.05, 0) is 29.5 Å². The van der Waals surface area contributed by atoms with Crippen molar-refractivity contribution in [3.63, 3.8) is 0 Å². The van der Waals surface area contributed by atoms with Gasteiger partial charge in [-0.2, -0.15) is 0 Å². The van der Waals surface area contributed by atoms with Crippen molar-refractivity contribution in [2.24, 2.45) is 0 Å². The van der Waals surface area contributed by atoms with Gasteiger partial charge in [0.05, 0.1) is 11.1 Å². The molecule has 0 bridgehead atoms. The highest BCUT2D eigenvalue weighted by Gasteiger charge is 2.22. The molecule has 0 spiro atoms. The fourth-order valence-corrected chi connectivity index (χ4v) is 3.45. The molecule has 0 aliphatic rings. The van der Waals surface area contributed by atoms with Gasteiger partial charge in [0, 0.05) is 31.6 Å². The summed E-state index contributed by atoms with van der Waals surface area (Å²) < 4.78 is 18.9. The number of fused-ring (bicyclic) bond motifs is 1. The molecular formula is C24H24ClFN4O4. The van der Waals surface area contributed by atoms with Crippen LogP contribution in [0.1, 0.15) is 18.4 Å². The minimum atomic E-state index is -0.737. The van der Waals surface area contributed by atoms with Crippen LogP contribution >= 0.6 is 11.6 Å². The van der Waals surface area contributed by atoms with Gasteiger partial charge >= 0.3 is 12.1 Å². The van der Waals surface area contributed by atoms with Crippen LogP contribution in [0, 0.1) is 5.82 Å². The second kappa shape index (κ2) is 11.9. The third-order valence-electron chi connectivity index (χ3n) is 5.22. The molecule has 3 aromatic rings. The van der Waals surface area contributed by atoms with Crippen LogP contribution in [0.15, 0.2) is 54.7 Å². The Bertz CT molecular complexity index is 1180. The van der Waals surface area contributed by atoms with Crippen molar-refractivity contribution in [1.82, 2.24) is 15.2 Å². The first-order chi connectivity index (χ1) is 16.4. The lowest BCUT2D eigenvalue weighted by atomic mass is 10.1. The fraction of sp³-hybridized carbons (Fsp3) is 0.250. The molecule has 0 unspecified atom stereocenters. The summed E-state index contributed by atoms with van der Waals surface area (Å²) in [5.41, 5.74) is 0.423. The van der Waals surface area contributed by atoms with Gasteiger partial charge in [0.2, 0.25) is 0 Å². The molecule has 3 rings (SSSR count). The summed E-state index contributed by atoms with van der Waals surface area (Å²) in [7, 11) is 1.52. The van der Waals surface area contributed by atoms with Crippen molar-refractivity contribution in [2.45, 2.75) is 25.4 Å². The maximum atomic E-state index is 13.6. The van der Waals surface area contributed by atoms with E-state index in [0.717, 1.165) is 17.1 Å². The number of hydrogen-bond acceptors (Lipinski definition) is 5. The number of nitrogens with one attached hydrogen (secondary N) is 2. The number of anilines is 1. The lowest BCUT2D eigenvalue weighted by Crippen LogP contribution is -2.46. The number of rotatable bonds is 9. The van der Waals surface area contributed by atoms with E-state index in [1.807, 2.05) is 24.3 Å². The van der Waals surface area contributed by atoms with Crippen LogP contribution in [-0.2, 0) is 16.1 Å². The Kier molecular flexibility index (Phi) is 8.75. The zero-order valence-electron chi connectivity index (χ0n) is 18.5. The number of urea groups is 1.